The van der Waals surface area contributed by atoms with Crippen molar-refractivity contribution in [1.29, 1.82) is 0 Å². The molecule has 7 nitrogen and oxygen atoms in total. The Hall–Kier alpha value is -2.58. The number of ether oxygens (including phenoxy) is 2. The molecule has 1 saturated heterocycles. The van der Waals surface area contributed by atoms with Gasteiger partial charge in [-0.1, -0.05) is 26.7 Å². The van der Waals surface area contributed by atoms with Crippen molar-refractivity contribution >= 4 is 15.9 Å². The fraction of sp³-hybridized carbons (Fsp3) is 0.519. The minimum Gasteiger partial charge on any atom is -0.496 e. The fourth-order valence-corrected chi connectivity index (χ4v) is 6.16. The minimum atomic E-state index is -3.69. The third-order valence-electron chi connectivity index (χ3n) is 6.67. The summed E-state index contributed by atoms with van der Waals surface area (Å²) in [5.74, 6) is 1.03. The lowest BCUT2D eigenvalue weighted by Gasteiger charge is -2.22. The van der Waals surface area contributed by atoms with Gasteiger partial charge in [0, 0.05) is 13.1 Å². The third kappa shape index (κ3) is 5.98. The van der Waals surface area contributed by atoms with Gasteiger partial charge in [-0.2, -0.15) is 4.31 Å². The third-order valence-corrected chi connectivity index (χ3v) is 8.57. The molecule has 0 bridgehead atoms. The molecule has 1 aliphatic heterocycles. The van der Waals surface area contributed by atoms with Crippen molar-refractivity contribution in [2.75, 3.05) is 27.3 Å². The van der Waals surface area contributed by atoms with E-state index in [1.165, 1.54) is 23.5 Å². The summed E-state index contributed by atoms with van der Waals surface area (Å²) in [6.45, 7) is 9.10. The first-order chi connectivity index (χ1) is 16.6. The quantitative estimate of drug-likeness (QED) is 0.537. The van der Waals surface area contributed by atoms with Crippen LogP contribution in [0.5, 0.6) is 11.5 Å². The first-order valence-electron chi connectivity index (χ1n) is 12.3. The molecule has 1 fully saturated rings. The molecule has 35 heavy (non-hydrogen) atoms. The van der Waals surface area contributed by atoms with Crippen molar-refractivity contribution in [2.45, 2.75) is 70.2 Å². The Morgan fingerprint density at radius 3 is 2.11 bits per heavy atom. The maximum Gasteiger partial charge on any atom is 0.255 e. The zero-order valence-corrected chi connectivity index (χ0v) is 22.5. The lowest BCUT2D eigenvalue weighted by molar-refractivity contribution is 0.0936. The first-order valence-corrected chi connectivity index (χ1v) is 13.7. The van der Waals surface area contributed by atoms with Crippen molar-refractivity contribution < 1.29 is 22.7 Å². The van der Waals surface area contributed by atoms with Crippen molar-refractivity contribution in [3.63, 3.8) is 0 Å². The number of hydrogen-bond donors (Lipinski definition) is 1. The molecule has 1 N–H and O–H groups in total. The molecule has 0 radical (unpaired) electrons. The van der Waals surface area contributed by atoms with E-state index in [0.717, 1.165) is 48.1 Å². The highest BCUT2D eigenvalue weighted by atomic mass is 32.2. The van der Waals surface area contributed by atoms with Gasteiger partial charge in [0.25, 0.3) is 5.91 Å². The Morgan fingerprint density at radius 1 is 0.914 bits per heavy atom. The normalized spacial score (nSPS) is 16.0. The van der Waals surface area contributed by atoms with Crippen LogP contribution in [0.2, 0.25) is 0 Å². The highest BCUT2D eigenvalue weighted by Crippen LogP contribution is 2.33. The molecular weight excluding hydrogens is 464 g/mol. The van der Waals surface area contributed by atoms with Gasteiger partial charge in [0.1, 0.15) is 11.5 Å². The monoisotopic (exact) mass is 502 g/mol. The molecule has 2 aromatic carbocycles. The predicted octanol–water partition coefficient (Wildman–Crippen LogP) is 5.19. The van der Waals surface area contributed by atoms with Crippen LogP contribution < -0.4 is 14.8 Å². The van der Waals surface area contributed by atoms with E-state index in [9.17, 15) is 13.2 Å². The van der Waals surface area contributed by atoms with E-state index in [-0.39, 0.29) is 28.3 Å². The van der Waals surface area contributed by atoms with Gasteiger partial charge in [-0.05, 0) is 79.6 Å². The van der Waals surface area contributed by atoms with Crippen LogP contribution in [0.3, 0.4) is 0 Å². The number of nitrogens with zero attached hydrogens (tertiary/aromatic N) is 1. The molecule has 0 saturated carbocycles. The number of aryl methyl sites for hydroxylation is 1. The summed E-state index contributed by atoms with van der Waals surface area (Å²) in [4.78, 5) is 13.5. The second-order valence-electron chi connectivity index (χ2n) is 9.48. The highest BCUT2D eigenvalue weighted by Gasteiger charge is 2.27. The summed E-state index contributed by atoms with van der Waals surface area (Å²) in [6, 6.07) is 8.26. The van der Waals surface area contributed by atoms with E-state index in [2.05, 4.69) is 25.2 Å². The fourth-order valence-electron chi connectivity index (χ4n) is 4.62. The largest absolute Gasteiger partial charge is 0.496 e. The second-order valence-corrected chi connectivity index (χ2v) is 11.4. The van der Waals surface area contributed by atoms with Gasteiger partial charge in [-0.15, -0.1) is 0 Å². The number of benzene rings is 2. The topological polar surface area (TPSA) is 84.9 Å². The number of nitrogens with one attached hydrogen (secondary N) is 1. The summed E-state index contributed by atoms with van der Waals surface area (Å²) in [6.07, 6.45) is 3.76. The van der Waals surface area contributed by atoms with Crippen LogP contribution in [0.4, 0.5) is 0 Å². The Morgan fingerprint density at radius 2 is 1.54 bits per heavy atom. The SMILES string of the molecule is COc1ccc(S(=O)(=O)N2CCCCCC2)cc1C(=O)NC(C)c1cc(C(C)C)c(OC)cc1C. The molecule has 192 valence electrons. The molecule has 0 aromatic heterocycles. The van der Waals surface area contributed by atoms with Gasteiger partial charge in [0.05, 0.1) is 30.7 Å². The van der Waals surface area contributed by atoms with E-state index in [0.29, 0.717) is 18.8 Å². The molecule has 0 aliphatic carbocycles. The molecule has 8 heteroatoms. The van der Waals surface area contributed by atoms with Gasteiger partial charge in [0.15, 0.2) is 0 Å². The number of carbonyl (C=O) groups excluding carboxylic acids is 1. The van der Waals surface area contributed by atoms with Crippen LogP contribution in [0.15, 0.2) is 35.2 Å². The minimum absolute atomic E-state index is 0.112. The van der Waals surface area contributed by atoms with E-state index in [4.69, 9.17) is 9.47 Å². The van der Waals surface area contributed by atoms with Crippen molar-refractivity contribution in [3.8, 4) is 11.5 Å². The molecule has 1 unspecified atom stereocenters. The molecule has 1 heterocycles. The van der Waals surface area contributed by atoms with Gasteiger partial charge < -0.3 is 14.8 Å². The Bertz CT molecular complexity index is 1150. The predicted molar refractivity (Wildman–Crippen MR) is 138 cm³/mol. The molecule has 1 amide bonds. The average molecular weight is 503 g/mol. The summed E-state index contributed by atoms with van der Waals surface area (Å²) in [5.41, 5.74) is 3.25. The molecule has 2 aromatic rings. The summed E-state index contributed by atoms with van der Waals surface area (Å²) >= 11 is 0. The zero-order chi connectivity index (χ0) is 25.8. The number of hydrogen-bond acceptors (Lipinski definition) is 5. The summed E-state index contributed by atoms with van der Waals surface area (Å²) < 4.78 is 39.1. The second kappa shape index (κ2) is 11.4. The van der Waals surface area contributed by atoms with E-state index in [1.54, 1.807) is 13.2 Å². The van der Waals surface area contributed by atoms with Crippen LogP contribution in [-0.2, 0) is 10.0 Å². The average Bonchev–Trinajstić information content (AvgIpc) is 3.13. The Labute approximate surface area is 209 Å². The summed E-state index contributed by atoms with van der Waals surface area (Å²) in [5, 5.41) is 3.03. The molecule has 0 spiro atoms. The Kier molecular flexibility index (Phi) is 8.83. The molecule has 3 rings (SSSR count). The van der Waals surface area contributed by atoms with Crippen LogP contribution in [-0.4, -0.2) is 45.9 Å². The van der Waals surface area contributed by atoms with E-state index < -0.39 is 10.0 Å². The maximum absolute atomic E-state index is 13.3. The Balaban J connectivity index is 1.91. The highest BCUT2D eigenvalue weighted by molar-refractivity contribution is 7.89. The van der Waals surface area contributed by atoms with Crippen LogP contribution in [0.1, 0.15) is 85.5 Å². The number of methoxy groups -OCH3 is 2. The molecule has 1 atom stereocenters. The zero-order valence-electron chi connectivity index (χ0n) is 21.7. The number of carbonyl (C=O) groups is 1. The van der Waals surface area contributed by atoms with Gasteiger partial charge in [-0.3, -0.25) is 4.79 Å². The lowest BCUT2D eigenvalue weighted by atomic mass is 9.93. The van der Waals surface area contributed by atoms with Crippen LogP contribution in [0, 0.1) is 6.92 Å². The number of rotatable bonds is 8. The lowest BCUT2D eigenvalue weighted by Crippen LogP contribution is -2.32. The number of amides is 1. The first kappa shape index (κ1) is 27.0. The van der Waals surface area contributed by atoms with Gasteiger partial charge in [0.2, 0.25) is 10.0 Å². The maximum atomic E-state index is 13.3. The number of sulfonamides is 1. The molecule has 1 aliphatic rings. The standard InChI is InChI=1S/C27H38N2O5S/c1-18(2)22-17-23(19(3)15-26(22)34-6)20(4)28-27(30)24-16-21(11-12-25(24)33-5)35(31,32)29-13-9-7-8-10-14-29/h11-12,15-18,20H,7-10,13-14H2,1-6H3,(H,28,30). The van der Waals surface area contributed by atoms with Gasteiger partial charge in [-0.25, -0.2) is 8.42 Å². The van der Waals surface area contributed by atoms with Gasteiger partial charge >= 0.3 is 0 Å². The smallest absolute Gasteiger partial charge is 0.255 e. The van der Waals surface area contributed by atoms with E-state index >= 15 is 0 Å². The van der Waals surface area contributed by atoms with Crippen molar-refractivity contribution in [2.24, 2.45) is 0 Å². The van der Waals surface area contributed by atoms with Crippen LogP contribution in [0.25, 0.3) is 0 Å². The van der Waals surface area contributed by atoms with Crippen LogP contribution >= 0.6 is 0 Å². The molecular formula is C27H38N2O5S. The summed E-state index contributed by atoms with van der Waals surface area (Å²) in [7, 11) is -0.562. The van der Waals surface area contributed by atoms with E-state index in [1.807, 2.05) is 19.9 Å². The van der Waals surface area contributed by atoms with Crippen molar-refractivity contribution in [3.05, 3.63) is 52.6 Å². The van der Waals surface area contributed by atoms with Crippen molar-refractivity contribution in [1.82, 2.24) is 9.62 Å².